The summed E-state index contributed by atoms with van der Waals surface area (Å²) >= 11 is 0. The Morgan fingerprint density at radius 2 is 2.22 bits per heavy atom. The molecule has 0 saturated heterocycles. The summed E-state index contributed by atoms with van der Waals surface area (Å²) in [6.07, 6.45) is -1.37. The second-order valence-electron chi connectivity index (χ2n) is 1.86. The van der Waals surface area contributed by atoms with E-state index in [1.165, 1.54) is 0 Å². The maximum atomic E-state index is 9.79. The lowest BCUT2D eigenvalue weighted by molar-refractivity contribution is -0.0218. The summed E-state index contributed by atoms with van der Waals surface area (Å²) in [5.41, 5.74) is -1.73. The number of nitrogens with one attached hydrogen (secondary N) is 1. The highest BCUT2D eigenvalue weighted by Crippen LogP contribution is 1.93. The van der Waals surface area contributed by atoms with Gasteiger partial charge in [0.1, 0.15) is 0 Å². The standard InChI is InChI=1S/C4H9NO4/c1-4(9,2-6)5-3(7)8/h5-6,9H,2H2,1H3,(H,7,8). The van der Waals surface area contributed by atoms with Crippen molar-refractivity contribution in [2.45, 2.75) is 12.6 Å². The summed E-state index contributed by atoms with van der Waals surface area (Å²) in [7, 11) is 0. The molecular formula is C4H9NO4. The van der Waals surface area contributed by atoms with Gasteiger partial charge in [-0.05, 0) is 6.92 Å². The van der Waals surface area contributed by atoms with Crippen LogP contribution in [-0.2, 0) is 0 Å². The third kappa shape index (κ3) is 3.75. The molecule has 5 heteroatoms. The fraction of sp³-hybridized carbons (Fsp3) is 0.750. The molecule has 0 fully saturated rings. The Balaban J connectivity index is 3.71. The summed E-state index contributed by atoms with van der Waals surface area (Å²) < 4.78 is 0. The number of rotatable bonds is 2. The molecule has 54 valence electrons. The fourth-order valence-electron chi connectivity index (χ4n) is 0.270. The van der Waals surface area contributed by atoms with E-state index in [2.05, 4.69) is 0 Å². The molecule has 4 N–H and O–H groups in total. The number of hydrogen-bond donors (Lipinski definition) is 4. The number of carbonyl (C=O) groups is 1. The van der Waals surface area contributed by atoms with E-state index in [0.29, 0.717) is 0 Å². The first-order valence-electron chi connectivity index (χ1n) is 2.32. The molecule has 0 aromatic heterocycles. The van der Waals surface area contributed by atoms with E-state index in [0.717, 1.165) is 6.92 Å². The van der Waals surface area contributed by atoms with Gasteiger partial charge in [-0.2, -0.15) is 0 Å². The fourth-order valence-corrected chi connectivity index (χ4v) is 0.270. The molecule has 9 heavy (non-hydrogen) atoms. The van der Waals surface area contributed by atoms with Crippen LogP contribution in [0.5, 0.6) is 0 Å². The molecule has 0 bridgehead atoms. The molecule has 1 amide bonds. The molecule has 0 heterocycles. The smallest absolute Gasteiger partial charge is 0.406 e. The van der Waals surface area contributed by atoms with Crippen LogP contribution < -0.4 is 5.32 Å². The Kier molecular flexibility index (Phi) is 2.41. The van der Waals surface area contributed by atoms with Gasteiger partial charge in [-0.15, -0.1) is 0 Å². The second kappa shape index (κ2) is 2.65. The quantitative estimate of drug-likeness (QED) is 0.364. The molecule has 0 radical (unpaired) electrons. The van der Waals surface area contributed by atoms with E-state index >= 15 is 0 Å². The third-order valence-corrected chi connectivity index (χ3v) is 0.684. The van der Waals surface area contributed by atoms with Gasteiger partial charge in [0.2, 0.25) is 0 Å². The van der Waals surface area contributed by atoms with Crippen molar-refractivity contribution in [1.82, 2.24) is 5.32 Å². The Bertz CT molecular complexity index is 111. The first-order chi connectivity index (χ1) is 3.98. The van der Waals surface area contributed by atoms with Crippen LogP contribution in [0.25, 0.3) is 0 Å². The zero-order valence-corrected chi connectivity index (χ0v) is 4.96. The highest BCUT2D eigenvalue weighted by atomic mass is 16.4. The number of hydrogen-bond acceptors (Lipinski definition) is 3. The summed E-state index contributed by atoms with van der Waals surface area (Å²) in [6.45, 7) is 0.514. The van der Waals surface area contributed by atoms with Crippen molar-refractivity contribution in [3.8, 4) is 0 Å². The zero-order valence-electron chi connectivity index (χ0n) is 4.96. The van der Waals surface area contributed by atoms with Crippen molar-refractivity contribution in [3.63, 3.8) is 0 Å². The van der Waals surface area contributed by atoms with Gasteiger partial charge in [-0.3, -0.25) is 5.32 Å². The number of amides is 1. The first kappa shape index (κ1) is 8.19. The first-order valence-corrected chi connectivity index (χ1v) is 2.32. The minimum absolute atomic E-state index is 0.640. The molecule has 0 aromatic rings. The Morgan fingerprint density at radius 1 is 1.78 bits per heavy atom. The van der Waals surface area contributed by atoms with Crippen LogP contribution in [0.15, 0.2) is 0 Å². The zero-order chi connectivity index (χ0) is 7.49. The Labute approximate surface area is 51.9 Å². The Hall–Kier alpha value is -0.810. The molecule has 1 atom stereocenters. The molecule has 1 unspecified atom stereocenters. The normalized spacial score (nSPS) is 16.3. The molecule has 5 nitrogen and oxygen atoms in total. The van der Waals surface area contributed by atoms with Gasteiger partial charge in [-0.1, -0.05) is 0 Å². The summed E-state index contributed by atoms with van der Waals surface area (Å²) in [5, 5.41) is 26.7. The van der Waals surface area contributed by atoms with Gasteiger partial charge in [0.05, 0.1) is 6.61 Å². The lowest BCUT2D eigenvalue weighted by atomic mass is 10.3. The average molecular weight is 135 g/mol. The van der Waals surface area contributed by atoms with Crippen LogP contribution in [0, 0.1) is 0 Å². The molecule has 0 rings (SSSR count). The van der Waals surface area contributed by atoms with E-state index in [1.54, 1.807) is 5.32 Å². The summed E-state index contributed by atoms with van der Waals surface area (Å²) in [4.78, 5) is 9.79. The molecule has 0 aliphatic carbocycles. The van der Waals surface area contributed by atoms with Crippen molar-refractivity contribution >= 4 is 6.09 Å². The predicted molar refractivity (Wildman–Crippen MR) is 28.9 cm³/mol. The van der Waals surface area contributed by atoms with Crippen molar-refractivity contribution < 1.29 is 20.1 Å². The van der Waals surface area contributed by atoms with Crippen molar-refractivity contribution in [2.75, 3.05) is 6.61 Å². The van der Waals surface area contributed by atoms with Crippen molar-refractivity contribution in [2.24, 2.45) is 0 Å². The second-order valence-corrected chi connectivity index (χ2v) is 1.86. The van der Waals surface area contributed by atoms with Gasteiger partial charge >= 0.3 is 6.09 Å². The summed E-state index contributed by atoms with van der Waals surface area (Å²) in [5.74, 6) is 0. The average Bonchev–Trinajstić information content (AvgIpc) is 1.63. The van der Waals surface area contributed by atoms with Gasteiger partial charge in [-0.25, -0.2) is 4.79 Å². The SMILES string of the molecule is CC(O)(CO)NC(=O)O. The van der Waals surface area contributed by atoms with Gasteiger partial charge in [0.25, 0.3) is 0 Å². The molecular weight excluding hydrogens is 126 g/mol. The topological polar surface area (TPSA) is 89.8 Å². The van der Waals surface area contributed by atoms with Crippen molar-refractivity contribution in [1.29, 1.82) is 0 Å². The number of aliphatic hydroxyl groups excluding tert-OH is 1. The van der Waals surface area contributed by atoms with Crippen molar-refractivity contribution in [3.05, 3.63) is 0 Å². The molecule has 0 spiro atoms. The number of carboxylic acid groups (broad SMARTS) is 1. The van der Waals surface area contributed by atoms with Crippen LogP contribution in [0.1, 0.15) is 6.92 Å². The minimum atomic E-state index is -1.73. The lowest BCUT2D eigenvalue weighted by Gasteiger charge is -2.18. The summed E-state index contributed by atoms with van der Waals surface area (Å²) in [6, 6.07) is 0. The van der Waals surface area contributed by atoms with Gasteiger partial charge in [0, 0.05) is 0 Å². The van der Waals surface area contributed by atoms with Gasteiger partial charge in [0.15, 0.2) is 5.72 Å². The molecule has 0 aromatic carbocycles. The molecule has 0 saturated carbocycles. The van der Waals surface area contributed by atoms with E-state index < -0.39 is 18.4 Å². The van der Waals surface area contributed by atoms with E-state index in [-0.39, 0.29) is 0 Å². The Morgan fingerprint density at radius 3 is 2.33 bits per heavy atom. The van der Waals surface area contributed by atoms with E-state index in [1.807, 2.05) is 0 Å². The minimum Gasteiger partial charge on any atom is -0.465 e. The monoisotopic (exact) mass is 135 g/mol. The maximum Gasteiger partial charge on any atom is 0.406 e. The van der Waals surface area contributed by atoms with Crippen LogP contribution >= 0.6 is 0 Å². The molecule has 0 aliphatic heterocycles. The lowest BCUT2D eigenvalue weighted by Crippen LogP contribution is -2.48. The predicted octanol–water partition coefficient (Wildman–Crippen LogP) is -1.05. The molecule has 0 aliphatic rings. The van der Waals surface area contributed by atoms with Crippen LogP contribution in [0.2, 0.25) is 0 Å². The van der Waals surface area contributed by atoms with Crippen LogP contribution in [0.3, 0.4) is 0 Å². The van der Waals surface area contributed by atoms with Gasteiger partial charge < -0.3 is 15.3 Å². The largest absolute Gasteiger partial charge is 0.465 e. The highest BCUT2D eigenvalue weighted by Gasteiger charge is 2.20. The van der Waals surface area contributed by atoms with E-state index in [9.17, 15) is 4.79 Å². The van der Waals surface area contributed by atoms with Crippen LogP contribution in [0.4, 0.5) is 4.79 Å². The van der Waals surface area contributed by atoms with E-state index in [4.69, 9.17) is 15.3 Å². The van der Waals surface area contributed by atoms with Crippen LogP contribution in [-0.4, -0.2) is 33.7 Å². The maximum absolute atomic E-state index is 9.79. The third-order valence-electron chi connectivity index (χ3n) is 0.684. The highest BCUT2D eigenvalue weighted by molar-refractivity contribution is 5.65. The number of aliphatic hydroxyl groups is 2.